The van der Waals surface area contributed by atoms with Crippen molar-refractivity contribution in [2.24, 2.45) is 0 Å². The second kappa shape index (κ2) is 5.96. The molecule has 2 heterocycles. The van der Waals surface area contributed by atoms with Crippen LogP contribution < -0.4 is 0 Å². The summed E-state index contributed by atoms with van der Waals surface area (Å²) in [4.78, 5) is -0.00938. The minimum atomic E-state index is -3.64. The number of benzene rings is 1. The van der Waals surface area contributed by atoms with Crippen molar-refractivity contribution in [2.75, 3.05) is 0 Å². The van der Waals surface area contributed by atoms with Gasteiger partial charge in [0.05, 0.1) is 9.92 Å². The van der Waals surface area contributed by atoms with E-state index < -0.39 is 15.7 Å². The van der Waals surface area contributed by atoms with E-state index in [0.29, 0.717) is 5.82 Å². The van der Waals surface area contributed by atoms with Crippen molar-refractivity contribution in [1.82, 2.24) is 14.8 Å². The minimum Gasteiger partial charge on any atom is -0.314 e. The van der Waals surface area contributed by atoms with Gasteiger partial charge in [-0.25, -0.2) is 12.8 Å². The van der Waals surface area contributed by atoms with Gasteiger partial charge in [0.25, 0.3) is 0 Å². The lowest BCUT2D eigenvalue weighted by Crippen LogP contribution is -2.12. The van der Waals surface area contributed by atoms with Crippen LogP contribution in [0.2, 0.25) is 5.02 Å². The van der Waals surface area contributed by atoms with Gasteiger partial charge in [0, 0.05) is 13.0 Å². The van der Waals surface area contributed by atoms with Crippen molar-refractivity contribution in [2.45, 2.75) is 42.9 Å². The summed E-state index contributed by atoms with van der Waals surface area (Å²) in [7, 11) is -3.64. The zero-order valence-corrected chi connectivity index (χ0v) is 13.4. The third-order valence-corrected chi connectivity index (χ3v) is 5.66. The van der Waals surface area contributed by atoms with E-state index in [1.807, 2.05) is 4.57 Å². The summed E-state index contributed by atoms with van der Waals surface area (Å²) in [6, 6.07) is 3.40. The fraction of sp³-hybridized carbons (Fsp3) is 0.429. The van der Waals surface area contributed by atoms with Crippen LogP contribution in [0.1, 0.15) is 30.9 Å². The molecule has 1 aliphatic rings. The van der Waals surface area contributed by atoms with Crippen molar-refractivity contribution in [3.05, 3.63) is 40.7 Å². The van der Waals surface area contributed by atoms with E-state index in [4.69, 9.17) is 11.6 Å². The smallest absolute Gasteiger partial charge is 0.185 e. The monoisotopic (exact) mass is 343 g/mol. The average molecular weight is 344 g/mol. The highest BCUT2D eigenvalue weighted by Gasteiger charge is 2.23. The van der Waals surface area contributed by atoms with E-state index in [1.54, 1.807) is 0 Å². The van der Waals surface area contributed by atoms with Crippen LogP contribution in [0.25, 0.3) is 0 Å². The maximum absolute atomic E-state index is 13.2. The van der Waals surface area contributed by atoms with Crippen LogP contribution in [-0.2, 0) is 28.6 Å². The largest absolute Gasteiger partial charge is 0.314 e. The summed E-state index contributed by atoms with van der Waals surface area (Å²) in [5.41, 5.74) is 0. The topological polar surface area (TPSA) is 64.8 Å². The Bertz CT molecular complexity index is 804. The van der Waals surface area contributed by atoms with Gasteiger partial charge >= 0.3 is 0 Å². The zero-order chi connectivity index (χ0) is 15.7. The van der Waals surface area contributed by atoms with Crippen LogP contribution in [-0.4, -0.2) is 23.2 Å². The Labute approximate surface area is 133 Å². The molecule has 118 valence electrons. The molecule has 0 amide bonds. The number of rotatable bonds is 3. The molecule has 0 fully saturated rings. The van der Waals surface area contributed by atoms with Crippen LogP contribution in [0.5, 0.6) is 0 Å². The van der Waals surface area contributed by atoms with Crippen molar-refractivity contribution in [3.8, 4) is 0 Å². The number of halogens is 2. The Kier molecular flexibility index (Phi) is 4.18. The molecule has 22 heavy (non-hydrogen) atoms. The van der Waals surface area contributed by atoms with Gasteiger partial charge in [-0.15, -0.1) is 10.2 Å². The van der Waals surface area contributed by atoms with Crippen molar-refractivity contribution in [3.63, 3.8) is 0 Å². The Hall–Kier alpha value is -1.47. The fourth-order valence-corrected chi connectivity index (χ4v) is 4.11. The number of aryl methyl sites for hydroxylation is 1. The van der Waals surface area contributed by atoms with Crippen LogP contribution >= 0.6 is 11.6 Å². The van der Waals surface area contributed by atoms with Gasteiger partial charge in [0.15, 0.2) is 9.84 Å². The lowest BCUT2D eigenvalue weighted by Gasteiger charge is -2.08. The second-order valence-electron chi connectivity index (χ2n) is 5.33. The van der Waals surface area contributed by atoms with Gasteiger partial charge in [0.2, 0.25) is 0 Å². The van der Waals surface area contributed by atoms with Crippen LogP contribution in [0.3, 0.4) is 0 Å². The first kappa shape index (κ1) is 15.4. The Balaban J connectivity index is 1.91. The van der Waals surface area contributed by atoms with Gasteiger partial charge in [-0.05, 0) is 31.0 Å². The summed E-state index contributed by atoms with van der Waals surface area (Å²) in [6.07, 6.45) is 3.94. The molecule has 0 N–H and O–H groups in total. The molecule has 0 aliphatic carbocycles. The fourth-order valence-electron chi connectivity index (χ4n) is 2.58. The maximum Gasteiger partial charge on any atom is 0.185 e. The number of hydrogen-bond donors (Lipinski definition) is 0. The summed E-state index contributed by atoms with van der Waals surface area (Å²) >= 11 is 5.67. The third-order valence-electron chi connectivity index (χ3n) is 3.76. The summed E-state index contributed by atoms with van der Waals surface area (Å²) in [5, 5.41) is 7.90. The van der Waals surface area contributed by atoms with Crippen LogP contribution in [0, 0.1) is 5.82 Å². The molecule has 0 spiro atoms. The molecular formula is C14H15ClFN3O2S. The standard InChI is InChI=1S/C14H15ClFN3O2S/c15-11-8-10(5-6-12(11)16)22(20,21)9-14-18-17-13-4-2-1-3-7-19(13)14/h5-6,8H,1-4,7,9H2. The van der Waals surface area contributed by atoms with Crippen molar-refractivity contribution in [1.29, 1.82) is 0 Å². The molecule has 0 saturated carbocycles. The number of nitrogens with zero attached hydrogens (tertiary/aromatic N) is 3. The van der Waals surface area contributed by atoms with Crippen molar-refractivity contribution >= 4 is 21.4 Å². The van der Waals surface area contributed by atoms with Crippen LogP contribution in [0.15, 0.2) is 23.1 Å². The molecule has 5 nitrogen and oxygen atoms in total. The average Bonchev–Trinajstić information content (AvgIpc) is 2.70. The normalized spacial score (nSPS) is 15.4. The highest BCUT2D eigenvalue weighted by molar-refractivity contribution is 7.90. The lowest BCUT2D eigenvalue weighted by atomic mass is 10.2. The molecule has 0 atom stereocenters. The lowest BCUT2D eigenvalue weighted by molar-refractivity contribution is 0.583. The van der Waals surface area contributed by atoms with Gasteiger partial charge in [-0.2, -0.15) is 0 Å². The Morgan fingerprint density at radius 2 is 2.05 bits per heavy atom. The van der Waals surface area contributed by atoms with E-state index in [-0.39, 0.29) is 15.7 Å². The quantitative estimate of drug-likeness (QED) is 0.804. The van der Waals surface area contributed by atoms with Gasteiger partial charge in [-0.1, -0.05) is 18.0 Å². The van der Waals surface area contributed by atoms with Crippen molar-refractivity contribution < 1.29 is 12.8 Å². The molecule has 0 saturated heterocycles. The number of hydrogen-bond acceptors (Lipinski definition) is 4. The predicted molar refractivity (Wildman–Crippen MR) is 79.9 cm³/mol. The van der Waals surface area contributed by atoms with Crippen LogP contribution in [0.4, 0.5) is 4.39 Å². The van der Waals surface area contributed by atoms with E-state index in [1.165, 1.54) is 6.07 Å². The molecule has 3 rings (SSSR count). The predicted octanol–water partition coefficient (Wildman–Crippen LogP) is 2.77. The first-order chi connectivity index (χ1) is 10.5. The van der Waals surface area contributed by atoms with E-state index >= 15 is 0 Å². The Morgan fingerprint density at radius 1 is 1.23 bits per heavy atom. The Morgan fingerprint density at radius 3 is 2.82 bits per heavy atom. The van der Waals surface area contributed by atoms with Gasteiger partial charge < -0.3 is 4.57 Å². The van der Waals surface area contributed by atoms with Gasteiger partial charge in [0.1, 0.15) is 23.2 Å². The van der Waals surface area contributed by atoms with Gasteiger partial charge in [-0.3, -0.25) is 0 Å². The molecule has 8 heteroatoms. The molecule has 0 radical (unpaired) electrons. The van der Waals surface area contributed by atoms with E-state index in [0.717, 1.165) is 50.2 Å². The SMILES string of the molecule is O=S(=O)(Cc1nnc2n1CCCCC2)c1ccc(F)c(Cl)c1. The summed E-state index contributed by atoms with van der Waals surface area (Å²) in [5.74, 6) is 0.358. The molecule has 1 aliphatic heterocycles. The summed E-state index contributed by atoms with van der Waals surface area (Å²) in [6.45, 7) is 0.733. The molecule has 1 aromatic carbocycles. The molecule has 2 aromatic rings. The first-order valence-electron chi connectivity index (χ1n) is 7.06. The third kappa shape index (κ3) is 3.01. The van der Waals surface area contributed by atoms with E-state index in [2.05, 4.69) is 10.2 Å². The number of aromatic nitrogens is 3. The highest BCUT2D eigenvalue weighted by Crippen LogP contribution is 2.23. The second-order valence-corrected chi connectivity index (χ2v) is 7.73. The number of sulfone groups is 1. The zero-order valence-electron chi connectivity index (χ0n) is 11.8. The minimum absolute atomic E-state index is 0.00938. The maximum atomic E-state index is 13.2. The number of fused-ring (bicyclic) bond motifs is 1. The first-order valence-corrected chi connectivity index (χ1v) is 9.09. The molecule has 0 bridgehead atoms. The highest BCUT2D eigenvalue weighted by atomic mass is 35.5. The summed E-state index contributed by atoms with van der Waals surface area (Å²) < 4.78 is 40.0. The molecular weight excluding hydrogens is 329 g/mol. The van der Waals surface area contributed by atoms with E-state index in [9.17, 15) is 12.8 Å². The molecule has 0 unspecified atom stereocenters. The molecule has 1 aromatic heterocycles.